The SMILES string of the molecule is COCC(O)CNCCC1CCOC1. The summed E-state index contributed by atoms with van der Waals surface area (Å²) in [5, 5.41) is 12.5. The number of hydrogen-bond donors (Lipinski definition) is 2. The zero-order chi connectivity index (χ0) is 10.2. The van der Waals surface area contributed by atoms with Gasteiger partial charge >= 0.3 is 0 Å². The maximum atomic E-state index is 9.33. The van der Waals surface area contributed by atoms with Gasteiger partial charge in [-0.3, -0.25) is 0 Å². The summed E-state index contributed by atoms with van der Waals surface area (Å²) in [6.45, 7) is 3.79. The second-order valence-electron chi connectivity index (χ2n) is 3.83. The minimum Gasteiger partial charge on any atom is -0.389 e. The van der Waals surface area contributed by atoms with Gasteiger partial charge in [-0.05, 0) is 25.3 Å². The standard InChI is InChI=1S/C10H21NO3/c1-13-8-10(12)6-11-4-2-9-3-5-14-7-9/h9-12H,2-8H2,1H3. The maximum absolute atomic E-state index is 9.33. The Kier molecular flexibility index (Phi) is 6.10. The topological polar surface area (TPSA) is 50.7 Å². The molecule has 4 heteroatoms. The van der Waals surface area contributed by atoms with Crippen molar-refractivity contribution in [2.75, 3.05) is 40.0 Å². The average Bonchev–Trinajstić information content (AvgIpc) is 2.65. The fraction of sp³-hybridized carbons (Fsp3) is 1.00. The summed E-state index contributed by atoms with van der Waals surface area (Å²) in [4.78, 5) is 0. The van der Waals surface area contributed by atoms with E-state index in [1.54, 1.807) is 7.11 Å². The summed E-state index contributed by atoms with van der Waals surface area (Å²) in [6, 6.07) is 0. The highest BCUT2D eigenvalue weighted by Crippen LogP contribution is 2.14. The number of nitrogens with one attached hydrogen (secondary N) is 1. The molecule has 0 radical (unpaired) electrons. The van der Waals surface area contributed by atoms with Gasteiger partial charge in [0.2, 0.25) is 0 Å². The highest BCUT2D eigenvalue weighted by Gasteiger charge is 2.14. The quantitative estimate of drug-likeness (QED) is 0.572. The van der Waals surface area contributed by atoms with Crippen molar-refractivity contribution in [2.45, 2.75) is 18.9 Å². The summed E-state index contributed by atoms with van der Waals surface area (Å²) in [5.74, 6) is 0.710. The Bertz CT molecular complexity index is 137. The maximum Gasteiger partial charge on any atom is 0.0897 e. The van der Waals surface area contributed by atoms with Gasteiger partial charge in [0.15, 0.2) is 0 Å². The van der Waals surface area contributed by atoms with E-state index in [0.29, 0.717) is 19.1 Å². The van der Waals surface area contributed by atoms with Gasteiger partial charge in [0.1, 0.15) is 0 Å². The number of aliphatic hydroxyl groups is 1. The van der Waals surface area contributed by atoms with E-state index in [1.165, 1.54) is 6.42 Å². The molecule has 0 aromatic carbocycles. The lowest BCUT2D eigenvalue weighted by atomic mass is 10.1. The van der Waals surface area contributed by atoms with Crippen LogP contribution < -0.4 is 5.32 Å². The van der Waals surface area contributed by atoms with Crippen LogP contribution in [0.2, 0.25) is 0 Å². The lowest BCUT2D eigenvalue weighted by Gasteiger charge is -2.12. The van der Waals surface area contributed by atoms with Crippen LogP contribution in [-0.2, 0) is 9.47 Å². The van der Waals surface area contributed by atoms with E-state index in [9.17, 15) is 5.11 Å². The Balaban J connectivity index is 1.88. The Labute approximate surface area is 85.6 Å². The van der Waals surface area contributed by atoms with Gasteiger partial charge in [0, 0.05) is 26.9 Å². The van der Waals surface area contributed by atoms with Gasteiger partial charge in [0.05, 0.1) is 12.7 Å². The molecule has 2 atom stereocenters. The minimum absolute atomic E-state index is 0.389. The van der Waals surface area contributed by atoms with Crippen LogP contribution in [0.1, 0.15) is 12.8 Å². The molecule has 1 fully saturated rings. The van der Waals surface area contributed by atoms with Crippen molar-refractivity contribution in [3.63, 3.8) is 0 Å². The van der Waals surface area contributed by atoms with E-state index in [2.05, 4.69) is 5.32 Å². The summed E-state index contributed by atoms with van der Waals surface area (Å²) in [5.41, 5.74) is 0. The largest absolute Gasteiger partial charge is 0.389 e. The molecule has 1 heterocycles. The highest BCUT2D eigenvalue weighted by atomic mass is 16.5. The summed E-state index contributed by atoms with van der Waals surface area (Å²) in [6.07, 6.45) is 1.93. The monoisotopic (exact) mass is 203 g/mol. The number of ether oxygens (including phenoxy) is 2. The van der Waals surface area contributed by atoms with E-state index in [-0.39, 0.29) is 6.10 Å². The first-order valence-corrected chi connectivity index (χ1v) is 5.28. The molecule has 1 saturated heterocycles. The fourth-order valence-electron chi connectivity index (χ4n) is 1.64. The van der Waals surface area contributed by atoms with Gasteiger partial charge in [-0.2, -0.15) is 0 Å². The van der Waals surface area contributed by atoms with Crippen LogP contribution in [0.15, 0.2) is 0 Å². The molecule has 2 N–H and O–H groups in total. The Morgan fingerprint density at radius 3 is 3.14 bits per heavy atom. The molecule has 0 aromatic heterocycles. The molecule has 0 bridgehead atoms. The van der Waals surface area contributed by atoms with Crippen LogP contribution in [-0.4, -0.2) is 51.2 Å². The van der Waals surface area contributed by atoms with E-state index >= 15 is 0 Å². The Hall–Kier alpha value is -0.160. The molecule has 0 aliphatic carbocycles. The third kappa shape index (κ3) is 4.91. The summed E-state index contributed by atoms with van der Waals surface area (Å²) < 4.78 is 10.1. The van der Waals surface area contributed by atoms with Gasteiger partial charge in [-0.15, -0.1) is 0 Å². The van der Waals surface area contributed by atoms with Crippen LogP contribution in [0.3, 0.4) is 0 Å². The van der Waals surface area contributed by atoms with Crippen LogP contribution in [0.5, 0.6) is 0 Å². The lowest BCUT2D eigenvalue weighted by molar-refractivity contribution is 0.0644. The number of hydrogen-bond acceptors (Lipinski definition) is 4. The number of aliphatic hydroxyl groups excluding tert-OH is 1. The molecular weight excluding hydrogens is 182 g/mol. The van der Waals surface area contributed by atoms with Gasteiger partial charge in [-0.25, -0.2) is 0 Å². The van der Waals surface area contributed by atoms with Crippen molar-refractivity contribution < 1.29 is 14.6 Å². The second kappa shape index (κ2) is 7.17. The smallest absolute Gasteiger partial charge is 0.0897 e. The zero-order valence-corrected chi connectivity index (χ0v) is 8.87. The number of rotatable bonds is 7. The molecular formula is C10H21NO3. The molecule has 2 unspecified atom stereocenters. The Morgan fingerprint density at radius 2 is 2.50 bits per heavy atom. The predicted octanol–water partition coefficient (Wildman–Crippen LogP) is 0.00990. The van der Waals surface area contributed by atoms with Gasteiger partial charge < -0.3 is 19.9 Å². The lowest BCUT2D eigenvalue weighted by Crippen LogP contribution is -2.31. The molecule has 84 valence electrons. The summed E-state index contributed by atoms with van der Waals surface area (Å²) >= 11 is 0. The predicted molar refractivity (Wildman–Crippen MR) is 54.3 cm³/mol. The van der Waals surface area contributed by atoms with Crippen molar-refractivity contribution in [1.82, 2.24) is 5.32 Å². The Morgan fingerprint density at radius 1 is 1.64 bits per heavy atom. The van der Waals surface area contributed by atoms with Crippen LogP contribution in [0, 0.1) is 5.92 Å². The first-order chi connectivity index (χ1) is 6.83. The first-order valence-electron chi connectivity index (χ1n) is 5.28. The fourth-order valence-corrected chi connectivity index (χ4v) is 1.64. The molecule has 0 aromatic rings. The molecule has 1 aliphatic heterocycles. The first kappa shape index (κ1) is 11.9. The molecule has 0 amide bonds. The molecule has 4 nitrogen and oxygen atoms in total. The number of methoxy groups -OCH3 is 1. The minimum atomic E-state index is -0.389. The normalized spacial score (nSPS) is 24.0. The van der Waals surface area contributed by atoms with Crippen LogP contribution in [0.4, 0.5) is 0 Å². The van der Waals surface area contributed by atoms with Crippen molar-refractivity contribution in [1.29, 1.82) is 0 Å². The van der Waals surface area contributed by atoms with Gasteiger partial charge in [-0.1, -0.05) is 0 Å². The van der Waals surface area contributed by atoms with E-state index < -0.39 is 0 Å². The van der Waals surface area contributed by atoms with E-state index in [1.807, 2.05) is 0 Å². The molecule has 14 heavy (non-hydrogen) atoms. The van der Waals surface area contributed by atoms with Crippen LogP contribution >= 0.6 is 0 Å². The van der Waals surface area contributed by atoms with Crippen LogP contribution in [0.25, 0.3) is 0 Å². The third-order valence-electron chi connectivity index (χ3n) is 2.49. The molecule has 0 saturated carbocycles. The summed E-state index contributed by atoms with van der Waals surface area (Å²) in [7, 11) is 1.60. The molecule has 1 rings (SSSR count). The van der Waals surface area contributed by atoms with E-state index in [4.69, 9.17) is 9.47 Å². The van der Waals surface area contributed by atoms with Crippen molar-refractivity contribution in [3.05, 3.63) is 0 Å². The van der Waals surface area contributed by atoms with Crippen molar-refractivity contribution in [2.24, 2.45) is 5.92 Å². The second-order valence-corrected chi connectivity index (χ2v) is 3.83. The molecule has 1 aliphatic rings. The van der Waals surface area contributed by atoms with Gasteiger partial charge in [0.25, 0.3) is 0 Å². The van der Waals surface area contributed by atoms with Crippen molar-refractivity contribution in [3.8, 4) is 0 Å². The van der Waals surface area contributed by atoms with Crippen molar-refractivity contribution >= 4 is 0 Å². The average molecular weight is 203 g/mol. The van der Waals surface area contributed by atoms with E-state index in [0.717, 1.165) is 26.2 Å². The zero-order valence-electron chi connectivity index (χ0n) is 8.87. The highest BCUT2D eigenvalue weighted by molar-refractivity contribution is 4.66. The molecule has 0 spiro atoms. The third-order valence-corrected chi connectivity index (χ3v) is 2.49.